The number of urea groups is 1. The number of carbonyl (C=O) groups is 1. The molecule has 2 N–H and O–H groups in total. The molecular formula is C14H19N5O3S. The third-order valence-corrected chi connectivity index (χ3v) is 6.32. The molecule has 0 radical (unpaired) electrons. The van der Waals surface area contributed by atoms with Crippen LogP contribution in [0.2, 0.25) is 0 Å². The number of hydrogen-bond donors (Lipinski definition) is 2. The molecular weight excluding hydrogens is 318 g/mol. The van der Waals surface area contributed by atoms with Crippen LogP contribution in [0.25, 0.3) is 0 Å². The largest absolute Gasteiger partial charge is 0.323 e. The number of aryl methyl sites for hydroxylation is 2. The number of pyridine rings is 1. The zero-order valence-corrected chi connectivity index (χ0v) is 13.5. The van der Waals surface area contributed by atoms with Crippen LogP contribution in [0.4, 0.5) is 10.6 Å². The van der Waals surface area contributed by atoms with E-state index in [9.17, 15) is 13.2 Å². The van der Waals surface area contributed by atoms with Crippen molar-refractivity contribution >= 4 is 22.1 Å². The van der Waals surface area contributed by atoms with E-state index in [1.54, 1.807) is 4.90 Å². The van der Waals surface area contributed by atoms with Gasteiger partial charge in [0.15, 0.2) is 0 Å². The number of anilines is 1. The van der Waals surface area contributed by atoms with Crippen LogP contribution in [-0.4, -0.2) is 60.9 Å². The Labute approximate surface area is 135 Å². The maximum Gasteiger partial charge on any atom is 0.323 e. The Bertz CT molecular complexity index is 751. The predicted molar refractivity (Wildman–Crippen MR) is 84.3 cm³/mol. The van der Waals surface area contributed by atoms with E-state index in [4.69, 9.17) is 0 Å². The maximum absolute atomic E-state index is 12.4. The highest BCUT2D eigenvalue weighted by Gasteiger charge is 2.41. The second-order valence-corrected chi connectivity index (χ2v) is 7.86. The quantitative estimate of drug-likeness (QED) is 0.750. The molecule has 3 heterocycles. The van der Waals surface area contributed by atoms with Crippen LogP contribution >= 0.6 is 0 Å². The summed E-state index contributed by atoms with van der Waals surface area (Å²) in [6.45, 7) is 1.45. The van der Waals surface area contributed by atoms with Gasteiger partial charge in [0, 0.05) is 31.9 Å². The smallest absolute Gasteiger partial charge is 0.322 e. The van der Waals surface area contributed by atoms with E-state index in [-0.39, 0.29) is 12.1 Å². The van der Waals surface area contributed by atoms with Crippen molar-refractivity contribution < 1.29 is 13.2 Å². The van der Waals surface area contributed by atoms with Gasteiger partial charge in [0.2, 0.25) is 0 Å². The molecule has 2 fully saturated rings. The lowest BCUT2D eigenvalue weighted by Gasteiger charge is -2.35. The Morgan fingerprint density at radius 2 is 2.17 bits per heavy atom. The van der Waals surface area contributed by atoms with Crippen LogP contribution in [0.5, 0.6) is 0 Å². The molecule has 0 aromatic carbocycles. The highest BCUT2D eigenvalue weighted by molar-refractivity contribution is 7.87. The molecule has 1 unspecified atom stereocenters. The van der Waals surface area contributed by atoms with Gasteiger partial charge >= 0.3 is 6.03 Å². The summed E-state index contributed by atoms with van der Waals surface area (Å²) >= 11 is 0. The summed E-state index contributed by atoms with van der Waals surface area (Å²) in [6, 6.07) is 3.45. The first-order valence-corrected chi connectivity index (χ1v) is 9.28. The van der Waals surface area contributed by atoms with E-state index in [0.717, 1.165) is 25.0 Å². The summed E-state index contributed by atoms with van der Waals surface area (Å²) in [5.41, 5.74) is 2.33. The van der Waals surface area contributed by atoms with Gasteiger partial charge in [-0.2, -0.15) is 12.7 Å². The monoisotopic (exact) mass is 337 g/mol. The molecule has 4 rings (SSSR count). The van der Waals surface area contributed by atoms with Crippen LogP contribution in [-0.2, 0) is 23.1 Å². The zero-order valence-electron chi connectivity index (χ0n) is 12.7. The molecule has 1 aromatic heterocycles. The van der Waals surface area contributed by atoms with Crippen molar-refractivity contribution in [3.8, 4) is 0 Å². The number of carbonyl (C=O) groups excluding carboxylic acids is 1. The number of fused-ring (bicyclic) bond motifs is 2. The van der Waals surface area contributed by atoms with Gasteiger partial charge in [-0.05, 0) is 30.9 Å². The Kier molecular flexibility index (Phi) is 3.51. The number of piperazine rings is 1. The lowest BCUT2D eigenvalue weighted by molar-refractivity contribution is 0.161. The van der Waals surface area contributed by atoms with Crippen LogP contribution < -0.4 is 10.0 Å². The van der Waals surface area contributed by atoms with Gasteiger partial charge < -0.3 is 4.90 Å². The summed E-state index contributed by atoms with van der Waals surface area (Å²) in [4.78, 5) is 18.6. The minimum absolute atomic E-state index is 0.188. The lowest BCUT2D eigenvalue weighted by Crippen LogP contribution is -2.54. The van der Waals surface area contributed by atoms with E-state index in [2.05, 4.69) is 15.0 Å². The first-order chi connectivity index (χ1) is 11.0. The number of rotatable bonds is 1. The van der Waals surface area contributed by atoms with Crippen LogP contribution in [0.1, 0.15) is 17.7 Å². The first-order valence-electron chi connectivity index (χ1n) is 7.84. The summed E-state index contributed by atoms with van der Waals surface area (Å²) < 4.78 is 27.5. The second-order valence-electron chi connectivity index (χ2n) is 6.15. The fraction of sp³-hybridized carbons (Fsp3) is 0.571. The highest BCUT2D eigenvalue weighted by atomic mass is 32.2. The minimum Gasteiger partial charge on any atom is -0.322 e. The van der Waals surface area contributed by atoms with Crippen molar-refractivity contribution in [3.63, 3.8) is 0 Å². The van der Waals surface area contributed by atoms with Gasteiger partial charge in [0.25, 0.3) is 10.2 Å². The molecule has 0 spiro atoms. The second kappa shape index (κ2) is 5.43. The molecule has 1 aliphatic carbocycles. The SMILES string of the molecule is O=C(Nc1ccc2c(n1)CCC2)N1CCN2C(CNS2(=O)=O)C1. The molecule has 124 valence electrons. The van der Waals surface area contributed by atoms with E-state index >= 15 is 0 Å². The van der Waals surface area contributed by atoms with Gasteiger partial charge in [-0.25, -0.2) is 14.5 Å². The Morgan fingerprint density at radius 1 is 1.30 bits per heavy atom. The molecule has 8 nitrogen and oxygen atoms in total. The minimum atomic E-state index is -3.35. The molecule has 2 amide bonds. The fourth-order valence-corrected chi connectivity index (χ4v) is 4.89. The molecule has 2 aliphatic heterocycles. The van der Waals surface area contributed by atoms with Gasteiger partial charge in [0.1, 0.15) is 5.82 Å². The van der Waals surface area contributed by atoms with Crippen LogP contribution in [0.3, 0.4) is 0 Å². The van der Waals surface area contributed by atoms with Crippen molar-refractivity contribution in [2.24, 2.45) is 0 Å². The number of amides is 2. The van der Waals surface area contributed by atoms with Crippen molar-refractivity contribution in [2.45, 2.75) is 25.3 Å². The summed E-state index contributed by atoms with van der Waals surface area (Å²) in [5, 5.41) is 2.83. The van der Waals surface area contributed by atoms with Crippen LogP contribution in [0.15, 0.2) is 12.1 Å². The Balaban J connectivity index is 1.42. The Morgan fingerprint density at radius 3 is 3.04 bits per heavy atom. The topological polar surface area (TPSA) is 94.6 Å². The average Bonchev–Trinajstić information content (AvgIpc) is 3.11. The fourth-order valence-electron chi connectivity index (χ4n) is 3.47. The number of nitrogens with zero attached hydrogens (tertiary/aromatic N) is 3. The third-order valence-electron chi connectivity index (χ3n) is 4.69. The number of hydrogen-bond acceptors (Lipinski definition) is 4. The average molecular weight is 337 g/mol. The molecule has 1 aromatic rings. The lowest BCUT2D eigenvalue weighted by atomic mass is 10.2. The first kappa shape index (κ1) is 14.9. The van der Waals surface area contributed by atoms with Crippen LogP contribution in [0, 0.1) is 0 Å². The van der Waals surface area contributed by atoms with E-state index in [1.807, 2.05) is 12.1 Å². The Hall–Kier alpha value is -1.71. The standard InChI is InChI=1S/C14H19N5O3S/c20-14(17-13-5-4-10-2-1-3-12(10)16-13)18-6-7-19-11(9-18)8-15-23(19,21)22/h4-5,11,15H,1-3,6-9H2,(H,16,17,20). The van der Waals surface area contributed by atoms with E-state index < -0.39 is 10.2 Å². The maximum atomic E-state index is 12.4. The molecule has 3 aliphatic rings. The summed E-state index contributed by atoms with van der Waals surface area (Å²) in [6.07, 6.45) is 3.13. The summed E-state index contributed by atoms with van der Waals surface area (Å²) in [5.74, 6) is 0.565. The third kappa shape index (κ3) is 2.68. The summed E-state index contributed by atoms with van der Waals surface area (Å²) in [7, 11) is -3.35. The van der Waals surface area contributed by atoms with E-state index in [1.165, 1.54) is 9.87 Å². The van der Waals surface area contributed by atoms with E-state index in [0.29, 0.717) is 32.0 Å². The molecule has 0 bridgehead atoms. The van der Waals surface area contributed by atoms with Gasteiger partial charge in [-0.15, -0.1) is 0 Å². The highest BCUT2D eigenvalue weighted by Crippen LogP contribution is 2.22. The van der Waals surface area contributed by atoms with Gasteiger partial charge in [-0.3, -0.25) is 5.32 Å². The van der Waals surface area contributed by atoms with Crippen molar-refractivity contribution in [3.05, 3.63) is 23.4 Å². The molecule has 2 saturated heterocycles. The van der Waals surface area contributed by atoms with Crippen molar-refractivity contribution in [1.82, 2.24) is 18.9 Å². The van der Waals surface area contributed by atoms with Gasteiger partial charge in [0.05, 0.1) is 6.04 Å². The number of nitrogens with one attached hydrogen (secondary N) is 2. The zero-order chi connectivity index (χ0) is 16.0. The van der Waals surface area contributed by atoms with Gasteiger partial charge in [-0.1, -0.05) is 6.07 Å². The number of aromatic nitrogens is 1. The molecule has 23 heavy (non-hydrogen) atoms. The van der Waals surface area contributed by atoms with Crippen molar-refractivity contribution in [1.29, 1.82) is 0 Å². The van der Waals surface area contributed by atoms with Crippen molar-refractivity contribution in [2.75, 3.05) is 31.5 Å². The predicted octanol–water partition coefficient (Wildman–Crippen LogP) is -0.0636. The molecule has 1 atom stereocenters. The molecule has 0 saturated carbocycles. The normalized spacial score (nSPS) is 25.9. The molecule has 9 heteroatoms.